The van der Waals surface area contributed by atoms with Gasteiger partial charge in [0.2, 0.25) is 5.91 Å². The Morgan fingerprint density at radius 3 is 2.15 bits per heavy atom. The maximum atomic E-state index is 12.6. The van der Waals surface area contributed by atoms with E-state index in [0.29, 0.717) is 12.0 Å². The molecule has 0 heterocycles. The van der Waals surface area contributed by atoms with Crippen LogP contribution in [0.25, 0.3) is 0 Å². The van der Waals surface area contributed by atoms with Crippen LogP contribution >= 0.6 is 0 Å². The van der Waals surface area contributed by atoms with Crippen LogP contribution in [0.2, 0.25) is 0 Å². The van der Waals surface area contributed by atoms with Crippen molar-refractivity contribution in [2.75, 3.05) is 6.54 Å². The summed E-state index contributed by atoms with van der Waals surface area (Å²) in [5.41, 5.74) is 1.08. The van der Waals surface area contributed by atoms with Crippen LogP contribution < -0.4 is 10.6 Å². The normalized spacial score (nSPS) is 20.2. The van der Waals surface area contributed by atoms with Gasteiger partial charge < -0.3 is 10.6 Å². The molecule has 0 saturated heterocycles. The van der Waals surface area contributed by atoms with E-state index in [1.165, 1.54) is 25.7 Å². The third-order valence-corrected chi connectivity index (χ3v) is 4.24. The van der Waals surface area contributed by atoms with Gasteiger partial charge in [-0.15, -0.1) is 0 Å². The second kappa shape index (κ2) is 6.75. The molecular formula is C17H30N2O. The van der Waals surface area contributed by atoms with Crippen LogP contribution in [0, 0.1) is 17.8 Å². The highest BCUT2D eigenvalue weighted by atomic mass is 16.2. The zero-order chi connectivity index (χ0) is 14.7. The van der Waals surface area contributed by atoms with E-state index in [4.69, 9.17) is 0 Å². The van der Waals surface area contributed by atoms with Crippen molar-refractivity contribution in [2.45, 2.75) is 65.0 Å². The first-order valence-electron chi connectivity index (χ1n) is 8.15. The predicted octanol–water partition coefficient (Wildman–Crippen LogP) is 2.87. The molecule has 114 valence electrons. The Bertz CT molecular complexity index is 344. The van der Waals surface area contributed by atoms with Gasteiger partial charge in [-0.3, -0.25) is 4.79 Å². The highest BCUT2D eigenvalue weighted by molar-refractivity contribution is 5.82. The molecule has 2 rings (SSSR count). The van der Waals surface area contributed by atoms with Crippen molar-refractivity contribution in [1.29, 1.82) is 0 Å². The molecule has 0 aliphatic heterocycles. The van der Waals surface area contributed by atoms with Gasteiger partial charge >= 0.3 is 0 Å². The monoisotopic (exact) mass is 278 g/mol. The van der Waals surface area contributed by atoms with Crippen LogP contribution in [0.5, 0.6) is 0 Å². The van der Waals surface area contributed by atoms with Crippen molar-refractivity contribution in [1.82, 2.24) is 10.6 Å². The van der Waals surface area contributed by atoms with Crippen molar-refractivity contribution in [3.8, 4) is 0 Å². The molecule has 0 spiro atoms. The third-order valence-electron chi connectivity index (χ3n) is 4.24. The van der Waals surface area contributed by atoms with E-state index in [-0.39, 0.29) is 11.9 Å². The smallest absolute Gasteiger partial charge is 0.237 e. The maximum Gasteiger partial charge on any atom is 0.237 e. The number of carbonyl (C=O) groups excluding carboxylic acids is 1. The largest absolute Gasteiger partial charge is 0.351 e. The van der Waals surface area contributed by atoms with Crippen molar-refractivity contribution in [2.24, 2.45) is 17.8 Å². The van der Waals surface area contributed by atoms with Crippen molar-refractivity contribution in [3.63, 3.8) is 0 Å². The Kier molecular flexibility index (Phi) is 5.25. The van der Waals surface area contributed by atoms with Crippen LogP contribution in [0.1, 0.15) is 52.9 Å². The molecule has 20 heavy (non-hydrogen) atoms. The van der Waals surface area contributed by atoms with Crippen LogP contribution in [0.15, 0.2) is 12.2 Å². The second-order valence-electron chi connectivity index (χ2n) is 7.23. The van der Waals surface area contributed by atoms with E-state index in [2.05, 4.69) is 31.1 Å². The summed E-state index contributed by atoms with van der Waals surface area (Å²) in [5.74, 6) is 2.23. The quantitative estimate of drug-likeness (QED) is 0.637. The molecule has 0 aromatic heterocycles. The summed E-state index contributed by atoms with van der Waals surface area (Å²) in [4.78, 5) is 12.6. The van der Waals surface area contributed by atoms with Gasteiger partial charge in [-0.25, -0.2) is 0 Å². The molecule has 3 heteroatoms. The molecule has 1 amide bonds. The fraction of sp³-hybridized carbons (Fsp3) is 0.824. The zero-order valence-electron chi connectivity index (χ0n) is 13.2. The average Bonchev–Trinajstić information content (AvgIpc) is 3.24. The fourth-order valence-corrected chi connectivity index (χ4v) is 2.85. The molecule has 0 aromatic rings. The van der Waals surface area contributed by atoms with Crippen LogP contribution in [0.4, 0.5) is 0 Å². The second-order valence-corrected chi connectivity index (χ2v) is 7.23. The topological polar surface area (TPSA) is 41.1 Å². The van der Waals surface area contributed by atoms with E-state index >= 15 is 0 Å². The van der Waals surface area contributed by atoms with E-state index in [9.17, 15) is 4.79 Å². The maximum absolute atomic E-state index is 12.6. The molecule has 2 aliphatic rings. The SMILES string of the molecule is C=C(C)CN[C@@H](CC(C)C)C(=O)NC(C1CC1)C1CC1. The van der Waals surface area contributed by atoms with Gasteiger partial charge in [0.05, 0.1) is 6.04 Å². The fourth-order valence-electron chi connectivity index (χ4n) is 2.85. The molecule has 0 radical (unpaired) electrons. The highest BCUT2D eigenvalue weighted by Crippen LogP contribution is 2.44. The number of nitrogens with one attached hydrogen (secondary N) is 2. The number of rotatable bonds is 9. The summed E-state index contributed by atoms with van der Waals surface area (Å²) in [5, 5.41) is 6.70. The molecule has 0 aromatic carbocycles. The van der Waals surface area contributed by atoms with Crippen molar-refractivity contribution < 1.29 is 4.79 Å². The van der Waals surface area contributed by atoms with E-state index in [1.807, 2.05) is 6.92 Å². The Morgan fingerprint density at radius 1 is 1.20 bits per heavy atom. The van der Waals surface area contributed by atoms with E-state index in [0.717, 1.165) is 30.4 Å². The molecule has 2 saturated carbocycles. The summed E-state index contributed by atoms with van der Waals surface area (Å²) in [6.45, 7) is 11.0. The summed E-state index contributed by atoms with van der Waals surface area (Å²) in [6.07, 6.45) is 6.09. The lowest BCUT2D eigenvalue weighted by molar-refractivity contribution is -0.124. The number of hydrogen-bond acceptors (Lipinski definition) is 2. The summed E-state index contributed by atoms with van der Waals surface area (Å²) >= 11 is 0. The lowest BCUT2D eigenvalue weighted by Gasteiger charge is -2.24. The first-order chi connectivity index (χ1) is 9.47. The van der Waals surface area contributed by atoms with Gasteiger partial charge in [0, 0.05) is 12.6 Å². The minimum atomic E-state index is -0.0771. The molecular weight excluding hydrogens is 248 g/mol. The first-order valence-corrected chi connectivity index (χ1v) is 8.15. The first kappa shape index (κ1) is 15.6. The highest BCUT2D eigenvalue weighted by Gasteiger charge is 2.42. The standard InChI is InChI=1S/C17H30N2O/c1-11(2)9-15(18-10-12(3)4)17(20)19-16(13-5-6-13)14-7-8-14/h11,13-16,18H,3,5-10H2,1-2,4H3,(H,19,20)/t15-/m0/s1. The van der Waals surface area contributed by atoms with Gasteiger partial charge in [0.15, 0.2) is 0 Å². The summed E-state index contributed by atoms with van der Waals surface area (Å²) in [7, 11) is 0. The lowest BCUT2D eigenvalue weighted by atomic mass is 10.0. The van der Waals surface area contributed by atoms with Crippen molar-refractivity contribution >= 4 is 5.91 Å². The van der Waals surface area contributed by atoms with Gasteiger partial charge in [-0.1, -0.05) is 26.0 Å². The molecule has 0 bridgehead atoms. The molecule has 2 aliphatic carbocycles. The van der Waals surface area contributed by atoms with Gasteiger partial charge in [-0.05, 0) is 56.8 Å². The minimum absolute atomic E-state index is 0.0771. The van der Waals surface area contributed by atoms with Crippen LogP contribution in [0.3, 0.4) is 0 Å². The Hall–Kier alpha value is -0.830. The van der Waals surface area contributed by atoms with E-state index < -0.39 is 0 Å². The average molecular weight is 278 g/mol. The molecule has 2 N–H and O–H groups in total. The number of amides is 1. The number of hydrogen-bond donors (Lipinski definition) is 2. The molecule has 3 nitrogen and oxygen atoms in total. The predicted molar refractivity (Wildman–Crippen MR) is 83.4 cm³/mol. The molecule has 0 unspecified atom stereocenters. The lowest BCUT2D eigenvalue weighted by Crippen LogP contribution is -2.50. The zero-order valence-corrected chi connectivity index (χ0v) is 13.2. The summed E-state index contributed by atoms with van der Waals surface area (Å²) in [6, 6.07) is 0.371. The van der Waals surface area contributed by atoms with Crippen molar-refractivity contribution in [3.05, 3.63) is 12.2 Å². The van der Waals surface area contributed by atoms with Gasteiger partial charge in [-0.2, -0.15) is 0 Å². The number of carbonyl (C=O) groups is 1. The van der Waals surface area contributed by atoms with E-state index in [1.54, 1.807) is 0 Å². The Morgan fingerprint density at radius 2 is 1.75 bits per heavy atom. The minimum Gasteiger partial charge on any atom is -0.351 e. The third kappa shape index (κ3) is 4.93. The molecule has 2 fully saturated rings. The van der Waals surface area contributed by atoms with Gasteiger partial charge in [0.25, 0.3) is 0 Å². The Balaban J connectivity index is 1.88. The Labute approximate surface area is 123 Å². The van der Waals surface area contributed by atoms with Gasteiger partial charge in [0.1, 0.15) is 0 Å². The molecule has 1 atom stereocenters. The summed E-state index contributed by atoms with van der Waals surface area (Å²) < 4.78 is 0. The van der Waals surface area contributed by atoms with Crippen LogP contribution in [-0.4, -0.2) is 24.5 Å². The van der Waals surface area contributed by atoms with Crippen LogP contribution in [-0.2, 0) is 4.79 Å².